The zero-order valence-corrected chi connectivity index (χ0v) is 9.25. The highest BCUT2D eigenvalue weighted by atomic mass is 35.5. The van der Waals surface area contributed by atoms with Crippen LogP contribution in [-0.4, -0.2) is 11.5 Å². The van der Waals surface area contributed by atoms with Crippen molar-refractivity contribution in [3.63, 3.8) is 0 Å². The summed E-state index contributed by atoms with van der Waals surface area (Å²) in [6.07, 6.45) is -4.01. The molecule has 1 rings (SSSR count). The minimum absolute atomic E-state index is 0. The van der Waals surface area contributed by atoms with Gasteiger partial charge < -0.3 is 5.73 Å². The maximum absolute atomic E-state index is 12.1. The third-order valence-corrected chi connectivity index (χ3v) is 1.50. The number of halogens is 5. The molecule has 0 aliphatic carbocycles. The second-order valence-electron chi connectivity index (χ2n) is 2.55. The first-order chi connectivity index (χ1) is 6.04. The molecule has 0 atom stereocenters. The first kappa shape index (κ1) is 16.9. The fourth-order valence-electron chi connectivity index (χ4n) is 0.925. The Morgan fingerprint density at radius 3 is 2.27 bits per heavy atom. The predicted octanol–water partition coefficient (Wildman–Crippen LogP) is 2.45. The van der Waals surface area contributed by atoms with E-state index in [1.165, 1.54) is 12.1 Å². The zero-order chi connectivity index (χ0) is 9.90. The summed E-state index contributed by atoms with van der Waals surface area (Å²) in [5.74, 6) is 0. The van der Waals surface area contributed by atoms with Crippen LogP contribution in [0.4, 0.5) is 13.2 Å². The lowest BCUT2D eigenvalue weighted by Crippen LogP contribution is -2.11. The van der Waals surface area contributed by atoms with Gasteiger partial charge in [0.25, 0.3) is 0 Å². The predicted molar refractivity (Wildman–Crippen MR) is 56.5 cm³/mol. The quantitative estimate of drug-likeness (QED) is 0.890. The van der Waals surface area contributed by atoms with Gasteiger partial charge in [-0.2, -0.15) is 13.2 Å². The summed E-state index contributed by atoms with van der Waals surface area (Å²) in [6, 6.07) is 3.81. The Bertz CT molecular complexity index is 291. The van der Waals surface area contributed by atoms with Crippen LogP contribution in [0.1, 0.15) is 11.4 Å². The number of alkyl halides is 3. The van der Waals surface area contributed by atoms with Gasteiger partial charge in [-0.1, -0.05) is 6.07 Å². The van der Waals surface area contributed by atoms with Crippen LogP contribution >= 0.6 is 24.8 Å². The van der Waals surface area contributed by atoms with Gasteiger partial charge in [0.05, 0.1) is 0 Å². The summed E-state index contributed by atoms with van der Waals surface area (Å²) in [7, 11) is 0. The van der Waals surface area contributed by atoms with Gasteiger partial charge in [0, 0.05) is 12.1 Å². The molecule has 1 heterocycles. The molecule has 0 bridgehead atoms. The van der Waals surface area contributed by atoms with Crippen LogP contribution in [0.5, 0.6) is 0 Å². The second-order valence-corrected chi connectivity index (χ2v) is 2.55. The van der Waals surface area contributed by atoms with E-state index in [4.69, 9.17) is 5.73 Å². The number of nitrogens with zero attached hydrogens (tertiary/aromatic N) is 1. The van der Waals surface area contributed by atoms with E-state index in [9.17, 15) is 13.2 Å². The molecule has 0 saturated carbocycles. The van der Waals surface area contributed by atoms with E-state index in [0.29, 0.717) is 18.7 Å². The Morgan fingerprint density at radius 2 is 1.80 bits per heavy atom. The van der Waals surface area contributed by atoms with Crippen LogP contribution < -0.4 is 5.73 Å². The molecule has 1 aromatic heterocycles. The lowest BCUT2D eigenvalue weighted by atomic mass is 10.2. The van der Waals surface area contributed by atoms with Gasteiger partial charge in [0.15, 0.2) is 0 Å². The minimum Gasteiger partial charge on any atom is -0.330 e. The molecule has 0 amide bonds. The van der Waals surface area contributed by atoms with Crippen molar-refractivity contribution in [2.24, 2.45) is 5.73 Å². The van der Waals surface area contributed by atoms with Crippen LogP contribution in [-0.2, 0) is 12.6 Å². The summed E-state index contributed by atoms with van der Waals surface area (Å²) in [5, 5.41) is 0. The monoisotopic (exact) mass is 262 g/mol. The molecule has 88 valence electrons. The van der Waals surface area contributed by atoms with Crippen molar-refractivity contribution in [3.05, 3.63) is 29.6 Å². The molecule has 0 fully saturated rings. The summed E-state index contributed by atoms with van der Waals surface area (Å²) in [6.45, 7) is 0.300. The smallest absolute Gasteiger partial charge is 0.330 e. The van der Waals surface area contributed by atoms with Gasteiger partial charge in [0.2, 0.25) is 0 Å². The van der Waals surface area contributed by atoms with E-state index in [0.717, 1.165) is 6.07 Å². The molecule has 2 N–H and O–H groups in total. The lowest BCUT2D eigenvalue weighted by molar-refractivity contribution is -0.141. The zero-order valence-electron chi connectivity index (χ0n) is 7.62. The largest absolute Gasteiger partial charge is 0.433 e. The Labute approximate surface area is 97.9 Å². The number of nitrogens with two attached hydrogens (primary N) is 1. The maximum Gasteiger partial charge on any atom is 0.433 e. The summed E-state index contributed by atoms with van der Waals surface area (Å²) < 4.78 is 36.3. The Hall–Kier alpha value is -0.520. The SMILES string of the molecule is Cl.Cl.NCCc1cccc(C(F)(F)F)n1. The number of pyridine rings is 1. The Balaban J connectivity index is 0. The van der Waals surface area contributed by atoms with Crippen LogP contribution in [0.2, 0.25) is 0 Å². The van der Waals surface area contributed by atoms with Gasteiger partial charge in [-0.3, -0.25) is 0 Å². The summed E-state index contributed by atoms with van der Waals surface area (Å²) >= 11 is 0. The van der Waals surface area contributed by atoms with E-state index in [1.54, 1.807) is 0 Å². The van der Waals surface area contributed by atoms with E-state index in [1.807, 2.05) is 0 Å². The highest BCUT2D eigenvalue weighted by Crippen LogP contribution is 2.27. The number of aromatic nitrogens is 1. The highest BCUT2D eigenvalue weighted by molar-refractivity contribution is 5.85. The van der Waals surface area contributed by atoms with Crippen molar-refractivity contribution in [3.8, 4) is 0 Å². The molecule has 0 aliphatic rings. The fourth-order valence-corrected chi connectivity index (χ4v) is 0.925. The molecular weight excluding hydrogens is 252 g/mol. The molecule has 2 nitrogen and oxygen atoms in total. The van der Waals surface area contributed by atoms with Gasteiger partial charge in [-0.15, -0.1) is 24.8 Å². The maximum atomic E-state index is 12.1. The first-order valence-corrected chi connectivity index (χ1v) is 3.77. The van der Waals surface area contributed by atoms with Crippen molar-refractivity contribution in [1.29, 1.82) is 0 Å². The van der Waals surface area contributed by atoms with Crippen LogP contribution in [0.3, 0.4) is 0 Å². The number of hydrogen-bond donors (Lipinski definition) is 1. The highest BCUT2D eigenvalue weighted by Gasteiger charge is 2.32. The van der Waals surface area contributed by atoms with Gasteiger partial charge >= 0.3 is 6.18 Å². The average molecular weight is 263 g/mol. The summed E-state index contributed by atoms with van der Waals surface area (Å²) in [5.41, 5.74) is 4.71. The second kappa shape index (κ2) is 6.87. The fraction of sp³-hybridized carbons (Fsp3) is 0.375. The van der Waals surface area contributed by atoms with Crippen LogP contribution in [0, 0.1) is 0 Å². The molecule has 7 heteroatoms. The topological polar surface area (TPSA) is 38.9 Å². The molecule has 0 saturated heterocycles. The number of rotatable bonds is 2. The molecule has 1 aromatic rings. The minimum atomic E-state index is -4.37. The Kier molecular flexibility index (Phi) is 7.74. The number of hydrogen-bond acceptors (Lipinski definition) is 2. The molecular formula is C8H11Cl2F3N2. The molecule has 0 aromatic carbocycles. The Morgan fingerprint density at radius 1 is 1.20 bits per heavy atom. The third-order valence-electron chi connectivity index (χ3n) is 1.50. The first-order valence-electron chi connectivity index (χ1n) is 3.77. The third kappa shape index (κ3) is 5.20. The van der Waals surface area contributed by atoms with Gasteiger partial charge in [-0.05, 0) is 18.7 Å². The van der Waals surface area contributed by atoms with E-state index in [-0.39, 0.29) is 24.8 Å². The normalized spacial score (nSPS) is 10.1. The molecule has 0 aliphatic heterocycles. The lowest BCUT2D eigenvalue weighted by Gasteiger charge is -2.06. The van der Waals surface area contributed by atoms with Crippen LogP contribution in [0.15, 0.2) is 18.2 Å². The van der Waals surface area contributed by atoms with Crippen molar-refractivity contribution in [2.75, 3.05) is 6.54 Å². The molecule has 0 spiro atoms. The van der Waals surface area contributed by atoms with Gasteiger partial charge in [0.1, 0.15) is 5.69 Å². The van der Waals surface area contributed by atoms with Crippen molar-refractivity contribution >= 4 is 24.8 Å². The van der Waals surface area contributed by atoms with E-state index in [2.05, 4.69) is 4.98 Å². The molecule has 0 unspecified atom stereocenters. The summed E-state index contributed by atoms with van der Waals surface area (Å²) in [4.78, 5) is 3.43. The molecule has 0 radical (unpaired) electrons. The van der Waals surface area contributed by atoms with Gasteiger partial charge in [-0.25, -0.2) is 4.98 Å². The average Bonchev–Trinajstić information content (AvgIpc) is 2.04. The van der Waals surface area contributed by atoms with E-state index >= 15 is 0 Å². The standard InChI is InChI=1S/C8H9F3N2.2ClH/c9-8(10,11)7-3-1-2-6(13-7)4-5-12;;/h1-3H,4-5,12H2;2*1H. The van der Waals surface area contributed by atoms with Crippen molar-refractivity contribution in [2.45, 2.75) is 12.6 Å². The van der Waals surface area contributed by atoms with Crippen molar-refractivity contribution in [1.82, 2.24) is 4.98 Å². The van der Waals surface area contributed by atoms with Crippen LogP contribution in [0.25, 0.3) is 0 Å². The van der Waals surface area contributed by atoms with Crippen molar-refractivity contribution < 1.29 is 13.2 Å². The van der Waals surface area contributed by atoms with E-state index < -0.39 is 11.9 Å². The molecule has 15 heavy (non-hydrogen) atoms.